The third-order valence-corrected chi connectivity index (χ3v) is 4.53. The number of Topliss-reactive ketones (excluding diaryl/α,β-unsaturated/α-hetero) is 1. The highest BCUT2D eigenvalue weighted by Gasteiger charge is 2.13. The molecule has 100 valence electrons. The van der Waals surface area contributed by atoms with Gasteiger partial charge in [0.25, 0.3) is 0 Å². The molecule has 0 N–H and O–H groups in total. The lowest BCUT2D eigenvalue weighted by Gasteiger charge is -2.15. The summed E-state index contributed by atoms with van der Waals surface area (Å²) in [6, 6.07) is 7.62. The maximum atomic E-state index is 11.9. The second kappa shape index (κ2) is 6.63. The van der Waals surface area contributed by atoms with Gasteiger partial charge in [0, 0.05) is 24.8 Å². The van der Waals surface area contributed by atoms with Gasteiger partial charge in [-0.3, -0.25) is 9.59 Å². The van der Waals surface area contributed by atoms with Gasteiger partial charge in [0.1, 0.15) is 0 Å². The van der Waals surface area contributed by atoms with E-state index in [1.807, 2.05) is 29.0 Å². The van der Waals surface area contributed by atoms with Crippen LogP contribution in [0.4, 0.5) is 0 Å². The maximum Gasteiger partial charge on any atom is 0.223 e. The van der Waals surface area contributed by atoms with Crippen LogP contribution in [0, 0.1) is 0 Å². The molecule has 19 heavy (non-hydrogen) atoms. The molecule has 2 aromatic heterocycles. The SMILES string of the molecule is CN(Cc1cccs1)C(=O)CCC(=O)c1cccs1. The topological polar surface area (TPSA) is 37.4 Å². The highest BCUT2D eigenvalue weighted by molar-refractivity contribution is 7.12. The summed E-state index contributed by atoms with van der Waals surface area (Å²) in [5.74, 6) is 0.0613. The minimum atomic E-state index is 0.0123. The van der Waals surface area contributed by atoms with E-state index in [0.717, 1.165) is 9.75 Å². The van der Waals surface area contributed by atoms with Crippen LogP contribution < -0.4 is 0 Å². The molecule has 2 aromatic rings. The first-order chi connectivity index (χ1) is 9.16. The highest BCUT2D eigenvalue weighted by Crippen LogP contribution is 2.14. The molecule has 1 amide bonds. The molecule has 0 unspecified atom stereocenters. The van der Waals surface area contributed by atoms with Crippen LogP contribution in [0.2, 0.25) is 0 Å². The van der Waals surface area contributed by atoms with E-state index in [-0.39, 0.29) is 24.5 Å². The molecule has 0 radical (unpaired) electrons. The number of hydrogen-bond donors (Lipinski definition) is 0. The van der Waals surface area contributed by atoms with Crippen molar-refractivity contribution in [2.75, 3.05) is 7.05 Å². The second-order valence-corrected chi connectivity index (χ2v) is 6.21. The van der Waals surface area contributed by atoms with Gasteiger partial charge < -0.3 is 4.90 Å². The van der Waals surface area contributed by atoms with Crippen molar-refractivity contribution in [3.05, 3.63) is 44.8 Å². The largest absolute Gasteiger partial charge is 0.341 e. The van der Waals surface area contributed by atoms with Crippen LogP contribution in [0.25, 0.3) is 0 Å². The first-order valence-corrected chi connectivity index (χ1v) is 7.76. The molecular weight excluding hydrogens is 278 g/mol. The lowest BCUT2D eigenvalue weighted by Crippen LogP contribution is -2.26. The Morgan fingerprint density at radius 2 is 1.84 bits per heavy atom. The summed E-state index contributed by atoms with van der Waals surface area (Å²) in [5, 5.41) is 3.87. The van der Waals surface area contributed by atoms with Crippen molar-refractivity contribution >= 4 is 34.4 Å². The average molecular weight is 293 g/mol. The van der Waals surface area contributed by atoms with Crippen LogP contribution in [0.5, 0.6) is 0 Å². The molecular formula is C14H15NO2S2. The molecule has 0 fully saturated rings. The van der Waals surface area contributed by atoms with E-state index in [1.165, 1.54) is 11.3 Å². The van der Waals surface area contributed by atoms with Gasteiger partial charge in [-0.05, 0) is 22.9 Å². The highest BCUT2D eigenvalue weighted by atomic mass is 32.1. The summed E-state index contributed by atoms with van der Waals surface area (Å²) in [4.78, 5) is 27.3. The van der Waals surface area contributed by atoms with Gasteiger partial charge in [-0.2, -0.15) is 0 Å². The summed E-state index contributed by atoms with van der Waals surface area (Å²) < 4.78 is 0. The zero-order valence-corrected chi connectivity index (χ0v) is 12.3. The van der Waals surface area contributed by atoms with Crippen molar-refractivity contribution in [1.82, 2.24) is 4.90 Å². The third kappa shape index (κ3) is 4.01. The number of carbonyl (C=O) groups excluding carboxylic acids is 2. The van der Waals surface area contributed by atoms with Crippen LogP contribution in [0.15, 0.2) is 35.0 Å². The van der Waals surface area contributed by atoms with Crippen molar-refractivity contribution in [2.24, 2.45) is 0 Å². The Kier molecular flexibility index (Phi) is 4.87. The standard InChI is InChI=1S/C14H15NO2S2/c1-15(10-11-4-2-8-18-11)14(17)7-6-12(16)13-5-3-9-19-13/h2-5,8-9H,6-7,10H2,1H3. The van der Waals surface area contributed by atoms with Gasteiger partial charge in [-0.1, -0.05) is 12.1 Å². The zero-order valence-electron chi connectivity index (χ0n) is 10.7. The lowest BCUT2D eigenvalue weighted by molar-refractivity contribution is -0.130. The molecule has 5 heteroatoms. The Bertz CT molecular complexity index is 532. The second-order valence-electron chi connectivity index (χ2n) is 4.23. The van der Waals surface area contributed by atoms with Gasteiger partial charge >= 0.3 is 0 Å². The molecule has 2 heterocycles. The Hall–Kier alpha value is -1.46. The fraction of sp³-hybridized carbons (Fsp3) is 0.286. The Morgan fingerprint density at radius 3 is 2.47 bits per heavy atom. The molecule has 0 spiro atoms. The van der Waals surface area contributed by atoms with Gasteiger partial charge in [-0.15, -0.1) is 22.7 Å². The molecule has 0 aliphatic carbocycles. The van der Waals surface area contributed by atoms with Crippen LogP contribution >= 0.6 is 22.7 Å². The van der Waals surface area contributed by atoms with Crippen LogP contribution in [-0.4, -0.2) is 23.6 Å². The van der Waals surface area contributed by atoms with Crippen LogP contribution in [0.3, 0.4) is 0 Å². The Morgan fingerprint density at radius 1 is 1.11 bits per heavy atom. The van der Waals surface area contributed by atoms with E-state index in [2.05, 4.69) is 0 Å². The van der Waals surface area contributed by atoms with E-state index < -0.39 is 0 Å². The normalized spacial score (nSPS) is 10.4. The number of hydrogen-bond acceptors (Lipinski definition) is 4. The van der Waals surface area contributed by atoms with Crippen LogP contribution in [0.1, 0.15) is 27.4 Å². The Labute approximate surface area is 120 Å². The van der Waals surface area contributed by atoms with E-state index in [1.54, 1.807) is 29.4 Å². The number of carbonyl (C=O) groups is 2. The quantitative estimate of drug-likeness (QED) is 0.765. The molecule has 0 atom stereocenters. The number of ketones is 1. The summed E-state index contributed by atoms with van der Waals surface area (Å²) in [6.07, 6.45) is 0.562. The Balaban J connectivity index is 1.79. The van der Waals surface area contributed by atoms with Gasteiger partial charge in [0.05, 0.1) is 11.4 Å². The average Bonchev–Trinajstić information content (AvgIpc) is 3.07. The van der Waals surface area contributed by atoms with Crippen LogP contribution in [-0.2, 0) is 11.3 Å². The molecule has 0 aromatic carbocycles. The van der Waals surface area contributed by atoms with Gasteiger partial charge in [0.2, 0.25) is 5.91 Å². The minimum absolute atomic E-state index is 0.0123. The minimum Gasteiger partial charge on any atom is -0.341 e. The molecule has 0 bridgehead atoms. The van der Waals surface area contributed by atoms with E-state index in [9.17, 15) is 9.59 Å². The fourth-order valence-corrected chi connectivity index (χ4v) is 3.15. The molecule has 2 rings (SSSR count). The lowest BCUT2D eigenvalue weighted by atomic mass is 10.2. The maximum absolute atomic E-state index is 11.9. The summed E-state index contributed by atoms with van der Waals surface area (Å²) >= 11 is 3.05. The molecule has 0 aliphatic rings. The molecule has 0 aliphatic heterocycles. The van der Waals surface area contributed by atoms with Crippen molar-refractivity contribution in [2.45, 2.75) is 19.4 Å². The predicted octanol–water partition coefficient (Wildman–Crippen LogP) is 3.43. The van der Waals surface area contributed by atoms with Crippen molar-refractivity contribution in [1.29, 1.82) is 0 Å². The molecule has 3 nitrogen and oxygen atoms in total. The van der Waals surface area contributed by atoms with Gasteiger partial charge in [0.15, 0.2) is 5.78 Å². The summed E-state index contributed by atoms with van der Waals surface area (Å²) in [7, 11) is 1.78. The number of thiophene rings is 2. The molecule has 0 saturated heterocycles. The zero-order chi connectivity index (χ0) is 13.7. The predicted molar refractivity (Wildman–Crippen MR) is 78.7 cm³/mol. The van der Waals surface area contributed by atoms with Crippen molar-refractivity contribution in [3.8, 4) is 0 Å². The van der Waals surface area contributed by atoms with E-state index in [4.69, 9.17) is 0 Å². The van der Waals surface area contributed by atoms with Crippen molar-refractivity contribution < 1.29 is 9.59 Å². The monoisotopic (exact) mass is 293 g/mol. The first kappa shape index (κ1) is 14.0. The summed E-state index contributed by atoms with van der Waals surface area (Å²) in [5.41, 5.74) is 0. The number of rotatable bonds is 6. The van der Waals surface area contributed by atoms with Crippen molar-refractivity contribution in [3.63, 3.8) is 0 Å². The third-order valence-electron chi connectivity index (χ3n) is 2.76. The van der Waals surface area contributed by atoms with Gasteiger partial charge in [-0.25, -0.2) is 0 Å². The summed E-state index contributed by atoms with van der Waals surface area (Å²) in [6.45, 7) is 0.615. The van der Waals surface area contributed by atoms with E-state index >= 15 is 0 Å². The smallest absolute Gasteiger partial charge is 0.223 e. The first-order valence-electron chi connectivity index (χ1n) is 6.00. The number of nitrogens with zero attached hydrogens (tertiary/aromatic N) is 1. The van der Waals surface area contributed by atoms with E-state index in [0.29, 0.717) is 6.54 Å². The fourth-order valence-electron chi connectivity index (χ4n) is 1.70. The molecule has 0 saturated carbocycles. The number of amides is 1.